The number of ether oxygens (including phenoxy) is 2. The van der Waals surface area contributed by atoms with Gasteiger partial charge in [-0.2, -0.15) is 0 Å². The first-order chi connectivity index (χ1) is 14.3. The number of hydrogen-bond donors (Lipinski definition) is 0. The first kappa shape index (κ1) is 18.0. The summed E-state index contributed by atoms with van der Waals surface area (Å²) in [6.45, 7) is 0.0828. The highest BCUT2D eigenvalue weighted by Gasteiger charge is 2.44. The van der Waals surface area contributed by atoms with Crippen molar-refractivity contribution in [2.24, 2.45) is 0 Å². The van der Waals surface area contributed by atoms with E-state index in [1.807, 2.05) is 47.4 Å². The van der Waals surface area contributed by atoms with Crippen LogP contribution in [0, 0.1) is 0 Å². The van der Waals surface area contributed by atoms with E-state index in [0.29, 0.717) is 0 Å². The van der Waals surface area contributed by atoms with Crippen molar-refractivity contribution in [2.45, 2.75) is 43.9 Å². The van der Waals surface area contributed by atoms with E-state index in [0.717, 1.165) is 42.6 Å². The molecule has 2 fully saturated rings. The fourth-order valence-corrected chi connectivity index (χ4v) is 4.72. The number of amides is 1. The Labute approximate surface area is 170 Å². The molecular formula is C24H24N2O3. The Morgan fingerprint density at radius 1 is 0.966 bits per heavy atom. The predicted molar refractivity (Wildman–Crippen MR) is 111 cm³/mol. The van der Waals surface area contributed by atoms with Crippen LogP contribution >= 0.6 is 0 Å². The van der Waals surface area contributed by atoms with Crippen molar-refractivity contribution in [1.29, 1.82) is 0 Å². The van der Waals surface area contributed by atoms with E-state index in [9.17, 15) is 4.79 Å². The number of aromatic nitrogens is 1. The van der Waals surface area contributed by atoms with Gasteiger partial charge in [-0.05, 0) is 47.9 Å². The maximum absolute atomic E-state index is 12.9. The van der Waals surface area contributed by atoms with Gasteiger partial charge in [0.1, 0.15) is 17.6 Å². The normalized spacial score (nSPS) is 23.2. The van der Waals surface area contributed by atoms with Crippen molar-refractivity contribution in [2.75, 3.05) is 6.61 Å². The van der Waals surface area contributed by atoms with Gasteiger partial charge >= 0.3 is 0 Å². The molecule has 0 radical (unpaired) electrons. The summed E-state index contributed by atoms with van der Waals surface area (Å²) in [5, 5.41) is 2.28. The average molecular weight is 388 g/mol. The van der Waals surface area contributed by atoms with Crippen LogP contribution in [0.1, 0.15) is 25.7 Å². The van der Waals surface area contributed by atoms with E-state index < -0.39 is 0 Å². The number of piperidine rings is 1. The van der Waals surface area contributed by atoms with Gasteiger partial charge in [0.15, 0.2) is 6.61 Å². The standard InChI is InChI=1S/C24H24N2O3/c27-24(16-28-21-10-7-17-4-1-2-5-18(17)12-21)26-19-8-9-20(26)14-23(13-19)29-22-6-3-11-25-15-22/h1-7,10-12,15,19-20,23H,8-9,13-14,16H2. The molecular weight excluding hydrogens is 364 g/mol. The SMILES string of the molecule is O=C(COc1ccc2ccccc2c1)N1C2CCC1CC(Oc1cccnc1)C2. The molecule has 0 N–H and O–H groups in total. The Bertz CT molecular complexity index is 993. The molecule has 3 heterocycles. The lowest BCUT2D eigenvalue weighted by molar-refractivity contribution is -0.139. The molecule has 2 aliphatic rings. The largest absolute Gasteiger partial charge is 0.489 e. The van der Waals surface area contributed by atoms with Crippen molar-refractivity contribution in [3.63, 3.8) is 0 Å². The third kappa shape index (κ3) is 3.77. The zero-order chi connectivity index (χ0) is 19.6. The minimum Gasteiger partial charge on any atom is -0.489 e. The molecule has 1 aromatic heterocycles. The molecule has 2 saturated heterocycles. The minimum atomic E-state index is 0.0745. The van der Waals surface area contributed by atoms with Crippen LogP contribution in [0.4, 0.5) is 0 Å². The molecule has 2 aliphatic heterocycles. The van der Waals surface area contributed by atoms with Gasteiger partial charge < -0.3 is 14.4 Å². The third-order valence-corrected chi connectivity index (χ3v) is 6.00. The number of nitrogens with zero attached hydrogens (tertiary/aromatic N) is 2. The van der Waals surface area contributed by atoms with E-state index in [1.54, 1.807) is 12.4 Å². The van der Waals surface area contributed by atoms with E-state index in [2.05, 4.69) is 17.1 Å². The summed E-state index contributed by atoms with van der Waals surface area (Å²) in [7, 11) is 0. The highest BCUT2D eigenvalue weighted by molar-refractivity contribution is 5.84. The van der Waals surface area contributed by atoms with Crippen molar-refractivity contribution in [3.8, 4) is 11.5 Å². The van der Waals surface area contributed by atoms with Gasteiger partial charge in [0.2, 0.25) is 0 Å². The molecule has 2 unspecified atom stereocenters. The van der Waals surface area contributed by atoms with Crippen molar-refractivity contribution in [1.82, 2.24) is 9.88 Å². The maximum atomic E-state index is 12.9. The van der Waals surface area contributed by atoms with Crippen LogP contribution in [0.15, 0.2) is 67.0 Å². The van der Waals surface area contributed by atoms with Crippen LogP contribution in [-0.4, -0.2) is 40.6 Å². The van der Waals surface area contributed by atoms with Crippen LogP contribution in [0.25, 0.3) is 10.8 Å². The predicted octanol–water partition coefficient (Wildman–Crippen LogP) is 4.21. The molecule has 5 rings (SSSR count). The molecule has 2 bridgehead atoms. The number of carbonyl (C=O) groups excluding carboxylic acids is 1. The minimum absolute atomic E-state index is 0.0745. The van der Waals surface area contributed by atoms with E-state index in [1.165, 1.54) is 5.39 Å². The van der Waals surface area contributed by atoms with Crippen LogP contribution < -0.4 is 9.47 Å². The lowest BCUT2D eigenvalue weighted by atomic mass is 9.99. The van der Waals surface area contributed by atoms with Crippen molar-refractivity contribution in [3.05, 3.63) is 67.0 Å². The van der Waals surface area contributed by atoms with Crippen LogP contribution in [0.3, 0.4) is 0 Å². The van der Waals surface area contributed by atoms with Gasteiger partial charge in [-0.3, -0.25) is 9.78 Å². The Balaban J connectivity index is 1.20. The van der Waals surface area contributed by atoms with E-state index >= 15 is 0 Å². The Morgan fingerprint density at radius 3 is 2.52 bits per heavy atom. The maximum Gasteiger partial charge on any atom is 0.261 e. The van der Waals surface area contributed by atoms with Crippen molar-refractivity contribution < 1.29 is 14.3 Å². The summed E-state index contributed by atoms with van der Waals surface area (Å²) in [6, 6.07) is 18.4. The molecule has 5 nitrogen and oxygen atoms in total. The number of hydrogen-bond acceptors (Lipinski definition) is 4. The first-order valence-corrected chi connectivity index (χ1v) is 10.3. The van der Waals surface area contributed by atoms with Gasteiger partial charge in [-0.15, -0.1) is 0 Å². The van der Waals surface area contributed by atoms with Gasteiger partial charge in [0, 0.05) is 31.1 Å². The van der Waals surface area contributed by atoms with Gasteiger partial charge in [-0.1, -0.05) is 30.3 Å². The third-order valence-electron chi connectivity index (χ3n) is 6.00. The van der Waals surface area contributed by atoms with Crippen LogP contribution in [0.2, 0.25) is 0 Å². The summed E-state index contributed by atoms with van der Waals surface area (Å²) in [5.41, 5.74) is 0. The fourth-order valence-electron chi connectivity index (χ4n) is 4.72. The molecule has 148 valence electrons. The molecule has 0 saturated carbocycles. The molecule has 0 aliphatic carbocycles. The first-order valence-electron chi connectivity index (χ1n) is 10.3. The molecule has 3 aromatic rings. The molecule has 29 heavy (non-hydrogen) atoms. The lowest BCUT2D eigenvalue weighted by Crippen LogP contribution is -2.50. The lowest BCUT2D eigenvalue weighted by Gasteiger charge is -2.38. The second-order valence-corrected chi connectivity index (χ2v) is 7.88. The highest BCUT2D eigenvalue weighted by Crippen LogP contribution is 2.37. The Hall–Kier alpha value is -3.08. The molecule has 1 amide bonds. The molecule has 2 atom stereocenters. The Kier molecular flexibility index (Phi) is 4.80. The van der Waals surface area contributed by atoms with Gasteiger partial charge in [0.25, 0.3) is 5.91 Å². The second kappa shape index (κ2) is 7.74. The highest BCUT2D eigenvalue weighted by atomic mass is 16.5. The van der Waals surface area contributed by atoms with Gasteiger partial charge in [0.05, 0.1) is 6.20 Å². The molecule has 5 heteroatoms. The van der Waals surface area contributed by atoms with Crippen LogP contribution in [0.5, 0.6) is 11.5 Å². The zero-order valence-electron chi connectivity index (χ0n) is 16.2. The smallest absolute Gasteiger partial charge is 0.261 e. The van der Waals surface area contributed by atoms with E-state index in [4.69, 9.17) is 9.47 Å². The summed E-state index contributed by atoms with van der Waals surface area (Å²) in [4.78, 5) is 19.1. The number of rotatable bonds is 5. The Morgan fingerprint density at radius 2 is 1.76 bits per heavy atom. The van der Waals surface area contributed by atoms with E-state index in [-0.39, 0.29) is 30.7 Å². The quantitative estimate of drug-likeness (QED) is 0.657. The fraction of sp³-hybridized carbons (Fsp3) is 0.333. The molecule has 0 spiro atoms. The number of benzene rings is 2. The summed E-state index contributed by atoms with van der Waals surface area (Å²) >= 11 is 0. The summed E-state index contributed by atoms with van der Waals surface area (Å²) < 4.78 is 11.9. The molecule has 2 aromatic carbocycles. The van der Waals surface area contributed by atoms with Crippen molar-refractivity contribution >= 4 is 16.7 Å². The average Bonchev–Trinajstić information content (AvgIpc) is 3.03. The summed E-state index contributed by atoms with van der Waals surface area (Å²) in [6.07, 6.45) is 7.45. The topological polar surface area (TPSA) is 51.7 Å². The van der Waals surface area contributed by atoms with Crippen LogP contribution in [-0.2, 0) is 4.79 Å². The number of pyridine rings is 1. The second-order valence-electron chi connectivity index (χ2n) is 7.88. The van der Waals surface area contributed by atoms with Gasteiger partial charge in [-0.25, -0.2) is 0 Å². The number of fused-ring (bicyclic) bond motifs is 3. The summed E-state index contributed by atoms with van der Waals surface area (Å²) in [5.74, 6) is 1.61. The number of carbonyl (C=O) groups is 1. The monoisotopic (exact) mass is 388 g/mol. The zero-order valence-corrected chi connectivity index (χ0v) is 16.2.